The van der Waals surface area contributed by atoms with Gasteiger partial charge in [-0.15, -0.1) is 0 Å². The number of rotatable bonds is 4. The summed E-state index contributed by atoms with van der Waals surface area (Å²) in [7, 11) is 0. The minimum Gasteiger partial charge on any atom is -0.360 e. The van der Waals surface area contributed by atoms with Gasteiger partial charge in [0.2, 0.25) is 0 Å². The Morgan fingerprint density at radius 3 is 2.62 bits per heavy atom. The number of benzene rings is 1. The molecule has 4 rings (SSSR count). The van der Waals surface area contributed by atoms with Gasteiger partial charge in [-0.3, -0.25) is 4.79 Å². The number of carbonyl (C=O) groups excluding carboxylic acids is 1. The number of hydrogen-bond donors (Lipinski definition) is 1. The van der Waals surface area contributed by atoms with Crippen molar-refractivity contribution in [3.63, 3.8) is 0 Å². The lowest BCUT2D eigenvalue weighted by Crippen LogP contribution is -2.15. The van der Waals surface area contributed by atoms with Crippen LogP contribution in [0.25, 0.3) is 11.5 Å². The molecule has 0 unspecified atom stereocenters. The lowest BCUT2D eigenvalue weighted by Gasteiger charge is -2.11. The first-order valence-electron chi connectivity index (χ1n) is 8.15. The summed E-state index contributed by atoms with van der Waals surface area (Å²) in [6.45, 7) is 3.78. The Hall–Kier alpha value is -3.61. The average Bonchev–Trinajstić information content (AvgIpc) is 3.34. The Kier molecular flexibility index (Phi) is 3.89. The summed E-state index contributed by atoms with van der Waals surface area (Å²) >= 11 is 0. The zero-order valence-corrected chi connectivity index (χ0v) is 14.4. The molecule has 0 spiro atoms. The SMILES string of the molecule is Cc1cccc(-n2ncc(C(=O)Nc3cc(C)on3)c2-n2cccc2)c1. The van der Waals surface area contributed by atoms with Crippen LogP contribution in [0.5, 0.6) is 0 Å². The number of amides is 1. The average molecular weight is 347 g/mol. The van der Waals surface area contributed by atoms with E-state index in [4.69, 9.17) is 4.52 Å². The number of aromatic nitrogens is 4. The van der Waals surface area contributed by atoms with E-state index in [2.05, 4.69) is 15.6 Å². The summed E-state index contributed by atoms with van der Waals surface area (Å²) in [5.41, 5.74) is 2.42. The van der Waals surface area contributed by atoms with Gasteiger partial charge in [0.15, 0.2) is 11.6 Å². The number of anilines is 1. The smallest absolute Gasteiger partial charge is 0.262 e. The van der Waals surface area contributed by atoms with Gasteiger partial charge in [-0.2, -0.15) is 5.10 Å². The molecule has 0 saturated carbocycles. The topological polar surface area (TPSA) is 77.9 Å². The third kappa shape index (κ3) is 2.90. The van der Waals surface area contributed by atoms with E-state index < -0.39 is 0 Å². The summed E-state index contributed by atoms with van der Waals surface area (Å²) in [6, 6.07) is 13.4. The highest BCUT2D eigenvalue weighted by Crippen LogP contribution is 2.21. The standard InChI is InChI=1S/C19H17N5O2/c1-13-6-5-7-15(10-13)24-19(23-8-3-4-9-23)16(12-20-24)18(25)21-17-11-14(2)26-22-17/h3-12H,1-2H3,(H,21,22,25). The van der Waals surface area contributed by atoms with Crippen molar-refractivity contribution in [2.75, 3.05) is 5.32 Å². The highest BCUT2D eigenvalue weighted by molar-refractivity contribution is 6.06. The molecule has 130 valence electrons. The predicted octanol–water partition coefficient (Wildman–Crippen LogP) is 3.52. The van der Waals surface area contributed by atoms with Gasteiger partial charge >= 0.3 is 0 Å². The highest BCUT2D eigenvalue weighted by atomic mass is 16.5. The zero-order chi connectivity index (χ0) is 18.1. The van der Waals surface area contributed by atoms with Crippen LogP contribution in [0.1, 0.15) is 21.7 Å². The molecule has 0 aliphatic carbocycles. The maximum absolute atomic E-state index is 12.8. The largest absolute Gasteiger partial charge is 0.360 e. The lowest BCUT2D eigenvalue weighted by molar-refractivity contribution is 0.102. The number of aryl methyl sites for hydroxylation is 2. The van der Waals surface area contributed by atoms with Crippen LogP contribution in [0, 0.1) is 13.8 Å². The monoisotopic (exact) mass is 347 g/mol. The third-order valence-electron chi connectivity index (χ3n) is 3.95. The Balaban J connectivity index is 1.79. The molecule has 0 aliphatic rings. The third-order valence-corrected chi connectivity index (χ3v) is 3.95. The Labute approximate surface area is 149 Å². The van der Waals surface area contributed by atoms with Crippen molar-refractivity contribution >= 4 is 11.7 Å². The van der Waals surface area contributed by atoms with Crippen molar-refractivity contribution in [2.24, 2.45) is 0 Å². The maximum Gasteiger partial charge on any atom is 0.262 e. The lowest BCUT2D eigenvalue weighted by atomic mass is 10.2. The molecule has 4 aromatic rings. The van der Waals surface area contributed by atoms with E-state index in [0.717, 1.165) is 11.3 Å². The molecular weight excluding hydrogens is 330 g/mol. The van der Waals surface area contributed by atoms with Gasteiger partial charge < -0.3 is 14.4 Å². The highest BCUT2D eigenvalue weighted by Gasteiger charge is 2.20. The first-order valence-corrected chi connectivity index (χ1v) is 8.15. The number of nitrogens with zero attached hydrogens (tertiary/aromatic N) is 4. The molecule has 0 radical (unpaired) electrons. The summed E-state index contributed by atoms with van der Waals surface area (Å²) in [4.78, 5) is 12.8. The molecule has 3 aromatic heterocycles. The van der Waals surface area contributed by atoms with Crippen molar-refractivity contribution in [1.82, 2.24) is 19.5 Å². The van der Waals surface area contributed by atoms with Crippen LogP contribution in [0.15, 0.2) is 65.6 Å². The maximum atomic E-state index is 12.8. The Morgan fingerprint density at radius 2 is 1.92 bits per heavy atom. The second-order valence-electron chi connectivity index (χ2n) is 6.00. The molecule has 3 heterocycles. The Bertz CT molecular complexity index is 1060. The van der Waals surface area contributed by atoms with Gasteiger partial charge in [-0.1, -0.05) is 17.3 Å². The predicted molar refractivity (Wildman–Crippen MR) is 96.8 cm³/mol. The first-order chi connectivity index (χ1) is 12.6. The molecule has 1 amide bonds. The second-order valence-corrected chi connectivity index (χ2v) is 6.00. The second kappa shape index (κ2) is 6.36. The van der Waals surface area contributed by atoms with E-state index in [1.165, 1.54) is 0 Å². The minimum atomic E-state index is -0.305. The number of hydrogen-bond acceptors (Lipinski definition) is 4. The van der Waals surface area contributed by atoms with Gasteiger partial charge in [-0.25, -0.2) is 4.68 Å². The molecule has 0 bridgehead atoms. The van der Waals surface area contributed by atoms with E-state index in [1.54, 1.807) is 23.9 Å². The van der Waals surface area contributed by atoms with Crippen molar-refractivity contribution in [3.8, 4) is 11.5 Å². The first kappa shape index (κ1) is 15.9. The quantitative estimate of drug-likeness (QED) is 0.613. The molecule has 0 fully saturated rings. The van der Waals surface area contributed by atoms with Crippen molar-refractivity contribution < 1.29 is 9.32 Å². The Morgan fingerprint density at radius 1 is 1.12 bits per heavy atom. The van der Waals surface area contributed by atoms with E-state index >= 15 is 0 Å². The molecule has 1 aromatic carbocycles. The van der Waals surface area contributed by atoms with E-state index in [1.807, 2.05) is 60.3 Å². The van der Waals surface area contributed by atoms with Crippen LogP contribution >= 0.6 is 0 Å². The van der Waals surface area contributed by atoms with E-state index in [-0.39, 0.29) is 5.91 Å². The fourth-order valence-electron chi connectivity index (χ4n) is 2.78. The van der Waals surface area contributed by atoms with Gasteiger partial charge in [0.25, 0.3) is 5.91 Å². The van der Waals surface area contributed by atoms with Gasteiger partial charge in [0, 0.05) is 18.5 Å². The molecule has 0 aliphatic heterocycles. The van der Waals surface area contributed by atoms with Crippen LogP contribution in [-0.4, -0.2) is 25.4 Å². The van der Waals surface area contributed by atoms with Gasteiger partial charge in [0.1, 0.15) is 11.3 Å². The van der Waals surface area contributed by atoms with E-state index in [0.29, 0.717) is 23.0 Å². The molecule has 1 N–H and O–H groups in total. The number of carbonyl (C=O) groups is 1. The van der Waals surface area contributed by atoms with Crippen LogP contribution in [0.2, 0.25) is 0 Å². The van der Waals surface area contributed by atoms with Crippen LogP contribution in [0.3, 0.4) is 0 Å². The number of nitrogens with one attached hydrogen (secondary N) is 1. The molecule has 7 heteroatoms. The molecular formula is C19H17N5O2. The van der Waals surface area contributed by atoms with Crippen LogP contribution in [0.4, 0.5) is 5.82 Å². The minimum absolute atomic E-state index is 0.305. The fraction of sp³-hybridized carbons (Fsp3) is 0.105. The summed E-state index contributed by atoms with van der Waals surface area (Å²) in [6.07, 6.45) is 5.31. The normalized spacial score (nSPS) is 10.8. The molecule has 26 heavy (non-hydrogen) atoms. The molecule has 7 nitrogen and oxygen atoms in total. The van der Waals surface area contributed by atoms with Crippen LogP contribution in [-0.2, 0) is 0 Å². The van der Waals surface area contributed by atoms with Crippen molar-refractivity contribution in [3.05, 3.63) is 77.9 Å². The van der Waals surface area contributed by atoms with Crippen molar-refractivity contribution in [1.29, 1.82) is 0 Å². The van der Waals surface area contributed by atoms with Crippen LogP contribution < -0.4 is 5.32 Å². The zero-order valence-electron chi connectivity index (χ0n) is 14.4. The van der Waals surface area contributed by atoms with Crippen molar-refractivity contribution in [2.45, 2.75) is 13.8 Å². The summed E-state index contributed by atoms with van der Waals surface area (Å²) in [5, 5.41) is 11.0. The molecule has 0 atom stereocenters. The summed E-state index contributed by atoms with van der Waals surface area (Å²) in [5.74, 6) is 1.34. The van der Waals surface area contributed by atoms with E-state index in [9.17, 15) is 4.79 Å². The summed E-state index contributed by atoms with van der Waals surface area (Å²) < 4.78 is 8.61. The molecule has 0 saturated heterocycles. The fourth-order valence-corrected chi connectivity index (χ4v) is 2.78. The van der Waals surface area contributed by atoms with Gasteiger partial charge in [-0.05, 0) is 43.7 Å². The van der Waals surface area contributed by atoms with Gasteiger partial charge in [0.05, 0.1) is 11.9 Å².